The van der Waals surface area contributed by atoms with Crippen LogP contribution in [-0.4, -0.2) is 22.7 Å². The van der Waals surface area contributed by atoms with Gasteiger partial charge in [-0.2, -0.15) is 13.2 Å². The molecule has 1 amide bonds. The van der Waals surface area contributed by atoms with Crippen LogP contribution in [0, 0.1) is 10.1 Å². The zero-order chi connectivity index (χ0) is 20.2. The Bertz CT molecular complexity index is 906. The molecule has 0 aromatic heterocycles. The van der Waals surface area contributed by atoms with Crippen molar-refractivity contribution in [1.29, 1.82) is 0 Å². The Morgan fingerprint density at radius 1 is 1.30 bits per heavy atom. The van der Waals surface area contributed by atoms with Crippen molar-refractivity contribution >= 4 is 40.8 Å². The number of carbonyl (C=O) groups excluding carboxylic acids is 1. The van der Waals surface area contributed by atoms with E-state index in [2.05, 4.69) is 17.5 Å². The number of benzene rings is 2. The first-order chi connectivity index (χ1) is 12.6. The van der Waals surface area contributed by atoms with Crippen LogP contribution < -0.4 is 10.1 Å². The highest BCUT2D eigenvalue weighted by molar-refractivity contribution is 7.79. The number of carbonyl (C=O) groups is 1. The Hall–Kier alpha value is -2.72. The van der Waals surface area contributed by atoms with E-state index in [1.807, 2.05) is 0 Å². The molecule has 0 spiro atoms. The lowest BCUT2D eigenvalue weighted by Crippen LogP contribution is -2.25. The van der Waals surface area contributed by atoms with E-state index in [4.69, 9.17) is 16.3 Å². The number of rotatable bonds is 6. The number of hydrogen-bond acceptors (Lipinski definition) is 5. The van der Waals surface area contributed by atoms with Crippen molar-refractivity contribution in [2.75, 3.05) is 6.54 Å². The number of hydrogen-bond donors (Lipinski definition) is 1. The first-order valence-corrected chi connectivity index (χ1v) is 8.03. The number of amides is 1. The summed E-state index contributed by atoms with van der Waals surface area (Å²) in [6.45, 7) is 0.0150. The molecule has 0 saturated carbocycles. The molecule has 0 saturated heterocycles. The van der Waals surface area contributed by atoms with Crippen molar-refractivity contribution in [3.05, 3.63) is 62.7 Å². The molecule has 0 atom stereocenters. The summed E-state index contributed by atoms with van der Waals surface area (Å²) in [6, 6.07) is 5.81. The van der Waals surface area contributed by atoms with Crippen LogP contribution in [0.15, 0.2) is 36.4 Å². The molecule has 0 radical (unpaired) electrons. The molecule has 0 fully saturated rings. The van der Waals surface area contributed by atoms with Gasteiger partial charge in [-0.25, -0.2) is 0 Å². The van der Waals surface area contributed by atoms with Gasteiger partial charge in [0.25, 0.3) is 11.6 Å². The zero-order valence-corrected chi connectivity index (χ0v) is 14.8. The van der Waals surface area contributed by atoms with Crippen molar-refractivity contribution < 1.29 is 27.6 Å². The van der Waals surface area contributed by atoms with Crippen molar-refractivity contribution in [3.63, 3.8) is 0 Å². The Morgan fingerprint density at radius 2 is 2.00 bits per heavy atom. The summed E-state index contributed by atoms with van der Waals surface area (Å²) >= 11 is 10.4. The minimum atomic E-state index is -4.57. The highest BCUT2D eigenvalue weighted by Crippen LogP contribution is 2.37. The summed E-state index contributed by atoms with van der Waals surface area (Å²) in [5.74, 6) is -0.884. The molecule has 2 aromatic carbocycles. The molecule has 6 nitrogen and oxygen atoms in total. The first-order valence-electron chi connectivity index (χ1n) is 7.18. The fraction of sp³-hybridized carbons (Fsp3) is 0.125. The third kappa shape index (κ3) is 5.14. The summed E-state index contributed by atoms with van der Waals surface area (Å²) < 4.78 is 43.4. The Kier molecular flexibility index (Phi) is 6.34. The molecule has 0 aliphatic rings. The summed E-state index contributed by atoms with van der Waals surface area (Å²) in [6.07, 6.45) is -4.57. The van der Waals surface area contributed by atoms with Crippen LogP contribution in [0.4, 0.5) is 18.9 Å². The third-order valence-electron chi connectivity index (χ3n) is 3.24. The van der Waals surface area contributed by atoms with Crippen LogP contribution in [-0.2, 0) is 6.18 Å². The van der Waals surface area contributed by atoms with Crippen LogP contribution in [0.5, 0.6) is 11.5 Å². The van der Waals surface area contributed by atoms with Gasteiger partial charge < -0.3 is 10.1 Å². The fourth-order valence-electron chi connectivity index (χ4n) is 2.04. The number of nitro benzene ring substituents is 1. The van der Waals surface area contributed by atoms with Gasteiger partial charge in [0, 0.05) is 18.7 Å². The third-order valence-corrected chi connectivity index (χ3v) is 3.70. The summed E-state index contributed by atoms with van der Waals surface area (Å²) in [5.41, 5.74) is -1.72. The van der Waals surface area contributed by atoms with Crippen LogP contribution in [0.2, 0.25) is 5.02 Å². The number of nitrogens with one attached hydrogen (secondary N) is 1. The van der Waals surface area contributed by atoms with Crippen LogP contribution in [0.25, 0.3) is 0 Å². The minimum absolute atomic E-state index is 0.0150. The largest absolute Gasteiger partial charge is 0.456 e. The molecular weight excluding hydrogens is 409 g/mol. The monoisotopic (exact) mass is 418 g/mol. The predicted molar refractivity (Wildman–Crippen MR) is 95.6 cm³/mol. The number of halogens is 4. The molecule has 11 heteroatoms. The van der Waals surface area contributed by atoms with Gasteiger partial charge in [0.1, 0.15) is 17.1 Å². The second-order valence-electron chi connectivity index (χ2n) is 5.06. The van der Waals surface area contributed by atoms with Gasteiger partial charge in [0.05, 0.1) is 15.5 Å². The first kappa shape index (κ1) is 20.6. The Morgan fingerprint density at radius 3 is 2.56 bits per heavy atom. The molecule has 142 valence electrons. The summed E-state index contributed by atoms with van der Waals surface area (Å²) in [7, 11) is 0. The predicted octanol–water partition coefficient (Wildman–Crippen LogP) is 4.79. The highest BCUT2D eigenvalue weighted by atomic mass is 35.5. The van der Waals surface area contributed by atoms with Gasteiger partial charge in [-0.15, -0.1) is 0 Å². The van der Waals surface area contributed by atoms with Gasteiger partial charge in [-0.05, 0) is 29.6 Å². The SMILES string of the molecule is O=C(NCC=S)c1cc(Oc2ccc(C(F)(F)F)cc2Cl)ccc1[N+](=O)[O-]. The van der Waals surface area contributed by atoms with Gasteiger partial charge >= 0.3 is 6.18 Å². The standard InChI is InChI=1S/C16H10ClF3N2O4S/c17-12-7-9(16(18,19)20)1-4-14(12)26-10-2-3-13(22(24)25)11(8-10)15(23)21-5-6-27/h1-4,6-8H,5H2,(H,21,23). The van der Waals surface area contributed by atoms with E-state index in [1.54, 1.807) is 0 Å². The molecule has 1 N–H and O–H groups in total. The van der Waals surface area contributed by atoms with Gasteiger partial charge in [-0.3, -0.25) is 14.9 Å². The van der Waals surface area contributed by atoms with Crippen LogP contribution in [0.3, 0.4) is 0 Å². The molecule has 0 heterocycles. The average Bonchev–Trinajstić information content (AvgIpc) is 2.60. The van der Waals surface area contributed by atoms with Crippen molar-refractivity contribution in [1.82, 2.24) is 5.32 Å². The van der Waals surface area contributed by atoms with E-state index in [1.165, 1.54) is 11.4 Å². The quantitative estimate of drug-likeness (QED) is 0.414. The molecule has 0 bridgehead atoms. The zero-order valence-electron chi connectivity index (χ0n) is 13.2. The Balaban J connectivity index is 2.35. The smallest absolute Gasteiger partial charge is 0.416 e. The van der Waals surface area contributed by atoms with Gasteiger partial charge in [0.15, 0.2) is 0 Å². The van der Waals surface area contributed by atoms with E-state index in [-0.39, 0.29) is 28.6 Å². The highest BCUT2D eigenvalue weighted by Gasteiger charge is 2.31. The van der Waals surface area contributed by atoms with E-state index < -0.39 is 28.3 Å². The van der Waals surface area contributed by atoms with Crippen molar-refractivity contribution in [2.45, 2.75) is 6.18 Å². The van der Waals surface area contributed by atoms with E-state index in [9.17, 15) is 28.1 Å². The lowest BCUT2D eigenvalue weighted by atomic mass is 10.1. The average molecular weight is 419 g/mol. The van der Waals surface area contributed by atoms with Crippen molar-refractivity contribution in [3.8, 4) is 11.5 Å². The number of ether oxygens (including phenoxy) is 1. The second kappa shape index (κ2) is 8.31. The van der Waals surface area contributed by atoms with E-state index in [0.717, 1.165) is 24.3 Å². The molecule has 2 rings (SSSR count). The number of nitro groups is 1. The van der Waals surface area contributed by atoms with Crippen molar-refractivity contribution in [2.24, 2.45) is 0 Å². The fourth-order valence-corrected chi connectivity index (χ4v) is 2.34. The molecule has 0 aliphatic heterocycles. The molecule has 27 heavy (non-hydrogen) atoms. The maximum absolute atomic E-state index is 12.7. The van der Waals surface area contributed by atoms with E-state index in [0.29, 0.717) is 6.07 Å². The lowest BCUT2D eigenvalue weighted by Gasteiger charge is -2.12. The van der Waals surface area contributed by atoms with Gasteiger partial charge in [-0.1, -0.05) is 23.8 Å². The van der Waals surface area contributed by atoms with Crippen LogP contribution >= 0.6 is 23.8 Å². The molecule has 0 aliphatic carbocycles. The Labute approximate surface area is 161 Å². The summed E-state index contributed by atoms with van der Waals surface area (Å²) in [5, 5.41) is 14.4. The maximum Gasteiger partial charge on any atom is 0.416 e. The maximum atomic E-state index is 12.7. The lowest BCUT2D eigenvalue weighted by molar-refractivity contribution is -0.385. The minimum Gasteiger partial charge on any atom is -0.456 e. The molecule has 0 unspecified atom stereocenters. The summed E-state index contributed by atoms with van der Waals surface area (Å²) in [4.78, 5) is 22.4. The topological polar surface area (TPSA) is 81.5 Å². The van der Waals surface area contributed by atoms with Gasteiger partial charge in [0.2, 0.25) is 0 Å². The van der Waals surface area contributed by atoms with Crippen LogP contribution in [0.1, 0.15) is 15.9 Å². The second-order valence-corrected chi connectivity index (χ2v) is 5.80. The number of alkyl halides is 3. The number of thiocarbonyl (C=S) groups is 1. The normalized spacial score (nSPS) is 11.0. The molecular formula is C16H10ClF3N2O4S. The number of nitrogens with zero attached hydrogens (tertiary/aromatic N) is 1. The molecule has 2 aromatic rings. The van der Waals surface area contributed by atoms with E-state index >= 15 is 0 Å².